The number of pyridine rings is 1. The molecule has 1 saturated carbocycles. The maximum Gasteiger partial charge on any atom is 0.411 e. The molecule has 2 aromatic rings. The highest BCUT2D eigenvalue weighted by molar-refractivity contribution is 7.51. The molecule has 2 aromatic heterocycles. The molecular formula is C25H36F3N5O5S. The van der Waals surface area contributed by atoms with Crippen LogP contribution >= 0.6 is 0 Å². The van der Waals surface area contributed by atoms with Crippen LogP contribution in [0.2, 0.25) is 0 Å². The molecule has 0 unspecified atom stereocenters. The van der Waals surface area contributed by atoms with Gasteiger partial charge in [0.1, 0.15) is 18.2 Å². The number of nitrogens with zero attached hydrogens (tertiary/aromatic N) is 3. The van der Waals surface area contributed by atoms with E-state index >= 15 is 0 Å². The number of aromatic nitrogens is 3. The number of nitrogens with one attached hydrogen (secondary N) is 2. The van der Waals surface area contributed by atoms with E-state index in [0.717, 1.165) is 30.0 Å². The van der Waals surface area contributed by atoms with E-state index < -0.39 is 24.4 Å². The molecule has 0 atom stereocenters. The number of rotatable bonds is 11. The summed E-state index contributed by atoms with van der Waals surface area (Å²) in [4.78, 5) is 17.4. The van der Waals surface area contributed by atoms with Crippen LogP contribution in [0.1, 0.15) is 55.6 Å². The Morgan fingerprint density at radius 1 is 1.23 bits per heavy atom. The van der Waals surface area contributed by atoms with Crippen molar-refractivity contribution in [1.29, 1.82) is 0 Å². The Kier molecular flexibility index (Phi) is 12.8. The molecule has 1 amide bonds. The van der Waals surface area contributed by atoms with Gasteiger partial charge in [-0.15, -0.1) is 0 Å². The van der Waals surface area contributed by atoms with Crippen molar-refractivity contribution in [3.05, 3.63) is 23.5 Å². The summed E-state index contributed by atoms with van der Waals surface area (Å²) in [5.74, 6) is 2.01. The van der Waals surface area contributed by atoms with Crippen molar-refractivity contribution in [2.75, 3.05) is 38.7 Å². The van der Waals surface area contributed by atoms with Crippen LogP contribution in [0, 0.1) is 18.8 Å². The molecule has 14 heteroatoms. The highest BCUT2D eigenvalue weighted by Crippen LogP contribution is 2.34. The van der Waals surface area contributed by atoms with Crippen LogP contribution in [-0.2, 0) is 22.9 Å². The maximum absolute atomic E-state index is 13.0. The number of amides is 1. The van der Waals surface area contributed by atoms with Gasteiger partial charge in [-0.3, -0.25) is 9.48 Å². The fourth-order valence-corrected chi connectivity index (χ4v) is 4.51. The van der Waals surface area contributed by atoms with Gasteiger partial charge in [-0.2, -0.15) is 26.7 Å². The van der Waals surface area contributed by atoms with Gasteiger partial charge < -0.3 is 20.1 Å². The molecule has 0 aliphatic heterocycles. The Morgan fingerprint density at radius 2 is 1.90 bits per heavy atom. The predicted molar refractivity (Wildman–Crippen MR) is 140 cm³/mol. The molecule has 10 nitrogen and oxygen atoms in total. The number of halogens is 3. The number of hydrogen-bond acceptors (Lipinski definition) is 8. The first-order valence-corrected chi connectivity index (χ1v) is 13.4. The van der Waals surface area contributed by atoms with Gasteiger partial charge in [-0.1, -0.05) is 19.8 Å². The summed E-state index contributed by atoms with van der Waals surface area (Å²) in [6.07, 6.45) is 1.92. The molecule has 0 radical (unpaired) electrons. The Labute approximate surface area is 229 Å². The minimum absolute atomic E-state index is 0.120. The van der Waals surface area contributed by atoms with E-state index in [-0.39, 0.29) is 19.1 Å². The van der Waals surface area contributed by atoms with E-state index in [9.17, 15) is 18.0 Å². The molecule has 39 heavy (non-hydrogen) atoms. The van der Waals surface area contributed by atoms with E-state index in [4.69, 9.17) is 13.2 Å². The lowest BCUT2D eigenvalue weighted by atomic mass is 9.83. The zero-order valence-corrected chi connectivity index (χ0v) is 23.4. The van der Waals surface area contributed by atoms with Gasteiger partial charge in [-0.05, 0) is 38.5 Å². The van der Waals surface area contributed by atoms with Gasteiger partial charge in [-0.25, -0.2) is 4.98 Å². The summed E-state index contributed by atoms with van der Waals surface area (Å²) in [6, 6.07) is 1.66. The number of alkyl halides is 3. The number of carbonyl (C=O) groups excluding carboxylic acids is 1. The topological polar surface area (TPSA) is 124 Å². The third kappa shape index (κ3) is 9.92. The summed E-state index contributed by atoms with van der Waals surface area (Å²) in [7, 11) is 1.52. The first-order chi connectivity index (χ1) is 18.5. The SMILES string of the molecule is CCn1nc(C(=O)NCC2CCC(C)CC2)c(C)c1-c1cnc(NCCOCC(F)(F)F)cc1OC.O=S=O. The summed E-state index contributed by atoms with van der Waals surface area (Å²) < 4.78 is 65.1. The van der Waals surface area contributed by atoms with E-state index in [1.807, 2.05) is 13.8 Å². The van der Waals surface area contributed by atoms with E-state index in [1.54, 1.807) is 16.9 Å². The fraction of sp³-hybridized carbons (Fsp3) is 0.640. The third-order valence-corrected chi connectivity index (χ3v) is 6.55. The summed E-state index contributed by atoms with van der Waals surface area (Å²) in [5, 5.41) is 10.6. The Balaban J connectivity index is 0.00000170. The Morgan fingerprint density at radius 3 is 2.49 bits per heavy atom. The van der Waals surface area contributed by atoms with Gasteiger partial charge in [0, 0.05) is 37.5 Å². The fourth-order valence-electron chi connectivity index (χ4n) is 4.51. The summed E-state index contributed by atoms with van der Waals surface area (Å²) >= 11 is -0.750. The van der Waals surface area contributed by atoms with Gasteiger partial charge >= 0.3 is 17.7 Å². The largest absolute Gasteiger partial charge is 0.496 e. The van der Waals surface area contributed by atoms with Crippen molar-refractivity contribution < 1.29 is 35.9 Å². The second-order valence-electron chi connectivity index (χ2n) is 9.41. The average Bonchev–Trinajstić information content (AvgIpc) is 3.23. The molecule has 2 N–H and O–H groups in total. The zero-order valence-electron chi connectivity index (χ0n) is 22.6. The van der Waals surface area contributed by atoms with Crippen molar-refractivity contribution in [3.63, 3.8) is 0 Å². The summed E-state index contributed by atoms with van der Waals surface area (Å²) in [6.45, 7) is 6.01. The average molecular weight is 576 g/mol. The number of carbonyl (C=O) groups is 1. The third-order valence-electron chi connectivity index (χ3n) is 6.55. The first kappa shape index (κ1) is 32.2. The molecule has 1 aliphatic carbocycles. The quantitative estimate of drug-likeness (QED) is 0.383. The molecule has 1 fully saturated rings. The van der Waals surface area contributed by atoms with Crippen LogP contribution in [0.5, 0.6) is 5.75 Å². The van der Waals surface area contributed by atoms with E-state index in [1.165, 1.54) is 20.0 Å². The van der Waals surface area contributed by atoms with Gasteiger partial charge in [0.05, 0.1) is 25.0 Å². The van der Waals surface area contributed by atoms with Crippen molar-refractivity contribution in [2.24, 2.45) is 11.8 Å². The Bertz CT molecular complexity index is 1110. The first-order valence-electron chi connectivity index (χ1n) is 12.7. The molecule has 0 saturated heterocycles. The minimum Gasteiger partial charge on any atom is -0.496 e. The van der Waals surface area contributed by atoms with Crippen molar-refractivity contribution in [1.82, 2.24) is 20.1 Å². The van der Waals surface area contributed by atoms with Crippen molar-refractivity contribution in [3.8, 4) is 17.0 Å². The highest BCUT2D eigenvalue weighted by atomic mass is 32.1. The lowest BCUT2D eigenvalue weighted by Crippen LogP contribution is -2.31. The van der Waals surface area contributed by atoms with Gasteiger partial charge in [0.25, 0.3) is 5.91 Å². The van der Waals surface area contributed by atoms with Crippen molar-refractivity contribution in [2.45, 2.75) is 59.2 Å². The number of anilines is 1. The number of aryl methyl sites for hydroxylation is 1. The predicted octanol–water partition coefficient (Wildman–Crippen LogP) is 4.16. The molecule has 1 aliphatic rings. The van der Waals surface area contributed by atoms with Crippen LogP contribution < -0.4 is 15.4 Å². The smallest absolute Gasteiger partial charge is 0.411 e. The normalized spacial score (nSPS) is 17.1. The van der Waals surface area contributed by atoms with Crippen LogP contribution in [0.25, 0.3) is 11.3 Å². The van der Waals surface area contributed by atoms with E-state index in [0.29, 0.717) is 41.8 Å². The van der Waals surface area contributed by atoms with Crippen LogP contribution in [-0.4, -0.2) is 68.7 Å². The monoisotopic (exact) mass is 575 g/mol. The molecule has 218 valence electrons. The molecular weight excluding hydrogens is 539 g/mol. The lowest BCUT2D eigenvalue weighted by Gasteiger charge is -2.26. The molecule has 3 rings (SSSR count). The van der Waals surface area contributed by atoms with Crippen LogP contribution in [0.3, 0.4) is 0 Å². The van der Waals surface area contributed by atoms with Gasteiger partial charge in [0.2, 0.25) is 0 Å². The number of methoxy groups -OCH3 is 1. The number of hydrogen-bond donors (Lipinski definition) is 2. The molecule has 0 aromatic carbocycles. The maximum atomic E-state index is 13.0. The van der Waals surface area contributed by atoms with Gasteiger partial charge in [0.15, 0.2) is 5.69 Å². The standard InChI is InChI=1S/C25H36F3N5O3.O2S/c1-5-33-23(17(3)22(32-33)24(34)31-13-18-8-6-16(2)7-9-18)19-14-30-21(12-20(19)35-4)29-10-11-36-15-25(26,27)28;1-3-2/h12,14,16,18H,5-11,13,15H2,1-4H3,(H,29,30)(H,31,34);. The Hall–Kier alpha value is -3.00. The highest BCUT2D eigenvalue weighted by Gasteiger charge is 2.27. The minimum atomic E-state index is -4.35. The zero-order chi connectivity index (χ0) is 29.0. The van der Waals surface area contributed by atoms with Crippen molar-refractivity contribution >= 4 is 23.3 Å². The molecule has 0 bridgehead atoms. The second-order valence-corrected chi connectivity index (χ2v) is 9.54. The number of ether oxygens (including phenoxy) is 2. The van der Waals surface area contributed by atoms with E-state index in [2.05, 4.69) is 32.4 Å². The lowest BCUT2D eigenvalue weighted by molar-refractivity contribution is -0.172. The van der Waals surface area contributed by atoms with Crippen LogP contribution in [0.15, 0.2) is 12.3 Å². The van der Waals surface area contributed by atoms with Crippen LogP contribution in [0.4, 0.5) is 19.0 Å². The second kappa shape index (κ2) is 15.6. The molecule has 2 heterocycles. The summed E-state index contributed by atoms with van der Waals surface area (Å²) in [5.41, 5.74) is 2.51. The molecule has 0 spiro atoms.